The van der Waals surface area contributed by atoms with Crippen LogP contribution in [-0.4, -0.2) is 64.3 Å². The lowest BCUT2D eigenvalue weighted by Crippen LogP contribution is -2.59. The molecule has 1 saturated heterocycles. The first-order chi connectivity index (χ1) is 8.54. The third-order valence-corrected chi connectivity index (χ3v) is 2.74. The molecule has 1 rings (SSSR count). The summed E-state index contributed by atoms with van der Waals surface area (Å²) in [6.45, 7) is 1.06. The number of hydrogen-bond donors (Lipinski definition) is 4. The fourth-order valence-corrected chi connectivity index (χ4v) is 1.56. The van der Waals surface area contributed by atoms with Crippen LogP contribution in [0.3, 0.4) is 0 Å². The molecule has 7 nitrogen and oxygen atoms in total. The molecule has 1 aliphatic heterocycles. The van der Waals surface area contributed by atoms with E-state index in [2.05, 4.69) is 0 Å². The van der Waals surface area contributed by atoms with Crippen LogP contribution in [0.2, 0.25) is 0 Å². The van der Waals surface area contributed by atoms with Crippen LogP contribution in [0.25, 0.3) is 0 Å². The van der Waals surface area contributed by atoms with Crippen molar-refractivity contribution in [2.75, 3.05) is 13.2 Å². The molecule has 0 aliphatic carbocycles. The third-order valence-electron chi connectivity index (χ3n) is 2.74. The van der Waals surface area contributed by atoms with Gasteiger partial charge in [0, 0.05) is 0 Å². The molecule has 1 fully saturated rings. The van der Waals surface area contributed by atoms with Crippen molar-refractivity contribution < 1.29 is 29.9 Å². The average molecular weight is 259 g/mol. The highest BCUT2D eigenvalue weighted by atomic mass is 16.7. The summed E-state index contributed by atoms with van der Waals surface area (Å²) in [7, 11) is 0. The zero-order chi connectivity index (χ0) is 13.7. The standard InChI is InChI=1S/C11H17NO6/c1-2-6(3-12)5-17-11-10(16)9(15)8(14)7(4-13)18-11/h2,7-11,13-16H,4-5H2,1H3/b6-2-/t7-,8-,9+,10-,11-/m1/s1. The minimum Gasteiger partial charge on any atom is -0.394 e. The van der Waals surface area contributed by atoms with Crippen molar-refractivity contribution in [2.45, 2.75) is 37.6 Å². The second kappa shape index (κ2) is 6.80. The van der Waals surface area contributed by atoms with E-state index in [4.69, 9.17) is 19.8 Å². The number of aliphatic hydroxyl groups is 4. The van der Waals surface area contributed by atoms with E-state index in [0.29, 0.717) is 5.57 Å². The van der Waals surface area contributed by atoms with Gasteiger partial charge in [0.15, 0.2) is 6.29 Å². The average Bonchev–Trinajstić information content (AvgIpc) is 2.39. The van der Waals surface area contributed by atoms with E-state index in [9.17, 15) is 15.3 Å². The molecule has 0 amide bonds. The molecule has 1 heterocycles. The van der Waals surface area contributed by atoms with Crippen LogP contribution >= 0.6 is 0 Å². The molecule has 5 atom stereocenters. The Hall–Kier alpha value is -1.01. The van der Waals surface area contributed by atoms with Gasteiger partial charge in [-0.15, -0.1) is 0 Å². The Kier molecular flexibility index (Phi) is 5.68. The molecule has 0 spiro atoms. The fraction of sp³-hybridized carbons (Fsp3) is 0.727. The van der Waals surface area contributed by atoms with Crippen LogP contribution in [0.15, 0.2) is 11.6 Å². The highest BCUT2D eigenvalue weighted by molar-refractivity contribution is 5.19. The Morgan fingerprint density at radius 1 is 1.33 bits per heavy atom. The van der Waals surface area contributed by atoms with Gasteiger partial charge in [-0.3, -0.25) is 0 Å². The van der Waals surface area contributed by atoms with E-state index in [-0.39, 0.29) is 6.61 Å². The van der Waals surface area contributed by atoms with Crippen LogP contribution < -0.4 is 0 Å². The predicted molar refractivity (Wildman–Crippen MR) is 59.1 cm³/mol. The van der Waals surface area contributed by atoms with Crippen molar-refractivity contribution >= 4 is 0 Å². The summed E-state index contributed by atoms with van der Waals surface area (Å²) in [5.41, 5.74) is 0.340. The summed E-state index contributed by atoms with van der Waals surface area (Å²) < 4.78 is 10.2. The van der Waals surface area contributed by atoms with Gasteiger partial charge in [0.25, 0.3) is 0 Å². The zero-order valence-electron chi connectivity index (χ0n) is 9.93. The van der Waals surface area contributed by atoms with E-state index in [1.165, 1.54) is 0 Å². The summed E-state index contributed by atoms with van der Waals surface area (Å²) in [5, 5.41) is 46.3. The number of ether oxygens (including phenoxy) is 2. The van der Waals surface area contributed by atoms with Crippen molar-refractivity contribution in [1.82, 2.24) is 0 Å². The Balaban J connectivity index is 2.62. The summed E-state index contributed by atoms with van der Waals surface area (Å²) >= 11 is 0. The SMILES string of the molecule is C/C=C(/C#N)CO[C@@H]1O[C@H](CO)[C@@H](O)[C@H](O)[C@H]1O. The topological polar surface area (TPSA) is 123 Å². The highest BCUT2D eigenvalue weighted by Crippen LogP contribution is 2.22. The van der Waals surface area contributed by atoms with Gasteiger partial charge in [-0.05, 0) is 6.92 Å². The fourth-order valence-electron chi connectivity index (χ4n) is 1.56. The van der Waals surface area contributed by atoms with Crippen LogP contribution in [-0.2, 0) is 9.47 Å². The Morgan fingerprint density at radius 3 is 2.50 bits per heavy atom. The molecule has 0 bridgehead atoms. The molecular formula is C11H17NO6. The second-order valence-electron chi connectivity index (χ2n) is 3.93. The minimum atomic E-state index is -1.47. The number of hydrogen-bond acceptors (Lipinski definition) is 7. The summed E-state index contributed by atoms with van der Waals surface area (Å²) in [6.07, 6.45) is -5.00. The van der Waals surface area contributed by atoms with Gasteiger partial charge in [-0.2, -0.15) is 5.26 Å². The second-order valence-corrected chi connectivity index (χ2v) is 3.93. The van der Waals surface area contributed by atoms with Gasteiger partial charge in [0.1, 0.15) is 24.4 Å². The first-order valence-corrected chi connectivity index (χ1v) is 5.52. The molecule has 0 radical (unpaired) electrons. The molecule has 102 valence electrons. The maximum absolute atomic E-state index is 9.64. The van der Waals surface area contributed by atoms with E-state index >= 15 is 0 Å². The van der Waals surface area contributed by atoms with Gasteiger partial charge in [-0.1, -0.05) is 6.08 Å². The van der Waals surface area contributed by atoms with Crippen molar-refractivity contribution in [3.05, 3.63) is 11.6 Å². The van der Waals surface area contributed by atoms with Gasteiger partial charge >= 0.3 is 0 Å². The van der Waals surface area contributed by atoms with Gasteiger partial charge in [0.2, 0.25) is 0 Å². The molecule has 1 aliphatic rings. The summed E-state index contributed by atoms with van der Waals surface area (Å²) in [6, 6.07) is 1.89. The van der Waals surface area contributed by atoms with Gasteiger partial charge in [0.05, 0.1) is 24.9 Å². The molecular weight excluding hydrogens is 242 g/mol. The number of nitriles is 1. The number of nitrogens with zero attached hydrogens (tertiary/aromatic N) is 1. The first-order valence-electron chi connectivity index (χ1n) is 5.52. The van der Waals surface area contributed by atoms with Crippen molar-refractivity contribution in [2.24, 2.45) is 0 Å². The van der Waals surface area contributed by atoms with Gasteiger partial charge in [-0.25, -0.2) is 0 Å². The van der Waals surface area contributed by atoms with Crippen molar-refractivity contribution in [3.8, 4) is 6.07 Å². The lowest BCUT2D eigenvalue weighted by atomic mass is 9.99. The van der Waals surface area contributed by atoms with Crippen LogP contribution in [0.5, 0.6) is 0 Å². The Bertz CT molecular complexity index is 337. The molecule has 18 heavy (non-hydrogen) atoms. The van der Waals surface area contributed by atoms with Crippen molar-refractivity contribution in [1.29, 1.82) is 5.26 Å². The highest BCUT2D eigenvalue weighted by Gasteiger charge is 2.43. The number of allylic oxidation sites excluding steroid dienone is 1. The summed E-state index contributed by atoms with van der Waals surface area (Å²) in [4.78, 5) is 0. The maximum Gasteiger partial charge on any atom is 0.187 e. The van der Waals surface area contributed by atoms with Crippen LogP contribution in [0.1, 0.15) is 6.92 Å². The van der Waals surface area contributed by atoms with E-state index in [1.54, 1.807) is 13.0 Å². The monoisotopic (exact) mass is 259 g/mol. The van der Waals surface area contributed by atoms with E-state index < -0.39 is 37.3 Å². The molecule has 7 heteroatoms. The molecule has 0 aromatic heterocycles. The quantitative estimate of drug-likeness (QED) is 0.442. The van der Waals surface area contributed by atoms with Crippen LogP contribution in [0.4, 0.5) is 0 Å². The minimum absolute atomic E-state index is 0.0876. The Labute approximate surface area is 104 Å². The van der Waals surface area contributed by atoms with E-state index in [0.717, 1.165) is 0 Å². The largest absolute Gasteiger partial charge is 0.394 e. The maximum atomic E-state index is 9.64. The lowest BCUT2D eigenvalue weighted by molar-refractivity contribution is -0.298. The third kappa shape index (κ3) is 3.26. The number of rotatable bonds is 4. The van der Waals surface area contributed by atoms with Crippen molar-refractivity contribution in [3.63, 3.8) is 0 Å². The molecule has 4 N–H and O–H groups in total. The zero-order valence-corrected chi connectivity index (χ0v) is 9.93. The van der Waals surface area contributed by atoms with Gasteiger partial charge < -0.3 is 29.9 Å². The molecule has 0 aromatic rings. The number of aliphatic hydroxyl groups excluding tert-OH is 4. The lowest BCUT2D eigenvalue weighted by Gasteiger charge is -2.39. The Morgan fingerprint density at radius 2 is 2.00 bits per heavy atom. The predicted octanol–water partition coefficient (Wildman–Crippen LogP) is -1.73. The normalized spacial score (nSPS) is 37.3. The smallest absolute Gasteiger partial charge is 0.187 e. The molecule has 0 unspecified atom stereocenters. The molecule has 0 saturated carbocycles. The van der Waals surface area contributed by atoms with Crippen LogP contribution in [0, 0.1) is 11.3 Å². The summed E-state index contributed by atoms with van der Waals surface area (Å²) in [5.74, 6) is 0. The van der Waals surface area contributed by atoms with E-state index in [1.807, 2.05) is 6.07 Å². The molecule has 0 aromatic carbocycles. The first kappa shape index (κ1) is 15.0.